The minimum Gasteiger partial charge on any atom is -0.490 e. The number of nitrogens with zero attached hydrogens (tertiary/aromatic N) is 2. The van der Waals surface area contributed by atoms with Gasteiger partial charge in [0.25, 0.3) is 5.91 Å². The first-order chi connectivity index (χ1) is 19.6. The molecule has 41 heavy (non-hydrogen) atoms. The molecule has 1 saturated carbocycles. The number of aryl methyl sites for hydroxylation is 1. The van der Waals surface area contributed by atoms with Crippen molar-refractivity contribution in [2.24, 2.45) is 11.8 Å². The summed E-state index contributed by atoms with van der Waals surface area (Å²) in [5, 5.41) is 0.733. The molecule has 2 amide bonds. The number of anilines is 1. The van der Waals surface area contributed by atoms with Crippen LogP contribution < -0.4 is 14.4 Å². The molecule has 2 aliphatic heterocycles. The molecular weight excluding hydrogens is 562 g/mol. The van der Waals surface area contributed by atoms with Crippen LogP contribution in [0.4, 0.5) is 5.69 Å². The first-order valence-electron chi connectivity index (χ1n) is 14.4. The SMILES string of the molecule is CC(=O)N1C/C=C/CS(=O)(=O)NC(=O)c2ccc3c(c2)N(C[C@@H]2CC[C@H]2C1)C[C@@]1(CCCc2cc(Cl)ccc21)CO3. The van der Waals surface area contributed by atoms with Crippen molar-refractivity contribution in [1.29, 1.82) is 0 Å². The van der Waals surface area contributed by atoms with Gasteiger partial charge in [0, 0.05) is 49.1 Å². The number of amides is 2. The first-order valence-corrected chi connectivity index (χ1v) is 16.4. The lowest BCUT2D eigenvalue weighted by atomic mass is 9.69. The lowest BCUT2D eigenvalue weighted by Gasteiger charge is -2.45. The van der Waals surface area contributed by atoms with Gasteiger partial charge in [-0.15, -0.1) is 0 Å². The molecule has 0 aromatic heterocycles. The number of carbonyl (C=O) groups is 2. The molecule has 2 aromatic carbocycles. The smallest absolute Gasteiger partial charge is 0.264 e. The third-order valence-corrected chi connectivity index (χ3v) is 10.6. The van der Waals surface area contributed by atoms with Gasteiger partial charge in [0.15, 0.2) is 0 Å². The quantitative estimate of drug-likeness (QED) is 0.455. The van der Waals surface area contributed by atoms with E-state index in [0.29, 0.717) is 43.8 Å². The van der Waals surface area contributed by atoms with Crippen LogP contribution in [0.5, 0.6) is 5.75 Å². The zero-order valence-electron chi connectivity index (χ0n) is 23.3. The number of benzene rings is 2. The number of sulfonamides is 1. The highest BCUT2D eigenvalue weighted by Gasteiger charge is 2.43. The summed E-state index contributed by atoms with van der Waals surface area (Å²) in [6.45, 7) is 4.50. The summed E-state index contributed by atoms with van der Waals surface area (Å²) in [5.74, 6) is 0.360. The van der Waals surface area contributed by atoms with Gasteiger partial charge >= 0.3 is 0 Å². The zero-order valence-corrected chi connectivity index (χ0v) is 24.8. The third kappa shape index (κ3) is 5.71. The van der Waals surface area contributed by atoms with Crippen LogP contribution in [-0.4, -0.2) is 63.7 Å². The van der Waals surface area contributed by atoms with Crippen molar-refractivity contribution in [3.8, 4) is 5.75 Å². The number of hydrogen-bond acceptors (Lipinski definition) is 6. The summed E-state index contributed by atoms with van der Waals surface area (Å²) in [7, 11) is -3.90. The number of fused-ring (bicyclic) bond motifs is 4. The van der Waals surface area contributed by atoms with Gasteiger partial charge in [-0.2, -0.15) is 0 Å². The van der Waals surface area contributed by atoms with E-state index in [4.69, 9.17) is 16.3 Å². The molecule has 2 bridgehead atoms. The summed E-state index contributed by atoms with van der Waals surface area (Å²) in [6, 6.07) is 11.3. The van der Waals surface area contributed by atoms with Gasteiger partial charge in [-0.05, 0) is 85.4 Å². The molecular formula is C31H36ClN3O5S. The van der Waals surface area contributed by atoms with Crippen molar-refractivity contribution in [2.45, 2.75) is 44.4 Å². The second-order valence-corrected chi connectivity index (χ2v) is 14.2. The Morgan fingerprint density at radius 3 is 2.68 bits per heavy atom. The molecule has 2 aromatic rings. The van der Waals surface area contributed by atoms with Gasteiger partial charge in [0.05, 0.1) is 18.0 Å². The Kier molecular flexibility index (Phi) is 7.53. The maximum Gasteiger partial charge on any atom is 0.264 e. The number of carbonyl (C=O) groups excluding carboxylic acids is 2. The van der Waals surface area contributed by atoms with E-state index in [0.717, 1.165) is 49.4 Å². The lowest BCUT2D eigenvalue weighted by Crippen LogP contribution is -2.50. The van der Waals surface area contributed by atoms with E-state index in [1.807, 2.05) is 6.07 Å². The van der Waals surface area contributed by atoms with Crippen molar-refractivity contribution in [1.82, 2.24) is 9.62 Å². The van der Waals surface area contributed by atoms with E-state index in [-0.39, 0.29) is 22.6 Å². The van der Waals surface area contributed by atoms with Crippen LogP contribution in [0, 0.1) is 11.8 Å². The fourth-order valence-electron chi connectivity index (χ4n) is 6.91. The zero-order chi connectivity index (χ0) is 28.8. The highest BCUT2D eigenvalue weighted by Crippen LogP contribution is 2.46. The van der Waals surface area contributed by atoms with Gasteiger partial charge in [0.2, 0.25) is 15.9 Å². The van der Waals surface area contributed by atoms with E-state index < -0.39 is 15.9 Å². The Morgan fingerprint density at radius 2 is 1.90 bits per heavy atom. The normalized spacial score (nSPS) is 28.3. The van der Waals surface area contributed by atoms with E-state index >= 15 is 0 Å². The Balaban J connectivity index is 1.41. The molecule has 1 fully saturated rings. The van der Waals surface area contributed by atoms with Crippen LogP contribution in [0.2, 0.25) is 5.02 Å². The summed E-state index contributed by atoms with van der Waals surface area (Å²) in [4.78, 5) is 29.7. The number of nitrogens with one attached hydrogen (secondary N) is 1. The largest absolute Gasteiger partial charge is 0.490 e. The Bertz CT molecular complexity index is 1510. The first kappa shape index (κ1) is 28.1. The standard InChI is InChI=1S/C31H36ClN3O5S/c1-21(36)34-13-2-3-14-41(38,39)33-30(37)23-8-11-29-28(16-23)35(18-25-7-6-24(25)17-34)19-31(20-40-29)12-4-5-22-15-26(32)9-10-27(22)31/h2-3,8-11,15-16,24-25H,4-7,12-14,17-20H2,1H3,(H,33,37)/b3-2+/t24-,25-,31-/m0/s1. The number of ether oxygens (including phenoxy) is 1. The van der Waals surface area contributed by atoms with Crippen molar-refractivity contribution in [3.63, 3.8) is 0 Å². The average molecular weight is 598 g/mol. The van der Waals surface area contributed by atoms with Gasteiger partial charge < -0.3 is 14.5 Å². The molecule has 0 unspecified atom stereocenters. The highest BCUT2D eigenvalue weighted by molar-refractivity contribution is 7.90. The second kappa shape index (κ2) is 11.0. The summed E-state index contributed by atoms with van der Waals surface area (Å²) < 4.78 is 34.1. The Labute approximate surface area is 246 Å². The van der Waals surface area contributed by atoms with Crippen LogP contribution in [0.15, 0.2) is 48.6 Å². The van der Waals surface area contributed by atoms with Crippen LogP contribution in [0.3, 0.4) is 0 Å². The van der Waals surface area contributed by atoms with Crippen molar-refractivity contribution < 1.29 is 22.7 Å². The van der Waals surface area contributed by atoms with Crippen molar-refractivity contribution in [2.75, 3.05) is 43.4 Å². The molecule has 1 N–H and O–H groups in total. The summed E-state index contributed by atoms with van der Waals surface area (Å²) >= 11 is 6.38. The minimum atomic E-state index is -3.90. The maximum atomic E-state index is 13.1. The van der Waals surface area contributed by atoms with Gasteiger partial charge in [-0.1, -0.05) is 29.8 Å². The van der Waals surface area contributed by atoms with Gasteiger partial charge in [-0.25, -0.2) is 13.1 Å². The van der Waals surface area contributed by atoms with E-state index in [2.05, 4.69) is 21.8 Å². The summed E-state index contributed by atoms with van der Waals surface area (Å²) in [6.07, 6.45) is 8.27. The number of hydrogen-bond donors (Lipinski definition) is 1. The molecule has 3 atom stereocenters. The fourth-order valence-corrected chi connectivity index (χ4v) is 7.98. The predicted molar refractivity (Wildman–Crippen MR) is 159 cm³/mol. The van der Waals surface area contributed by atoms with Crippen LogP contribution >= 0.6 is 11.6 Å². The van der Waals surface area contributed by atoms with E-state index in [9.17, 15) is 18.0 Å². The molecule has 2 aliphatic carbocycles. The van der Waals surface area contributed by atoms with Crippen LogP contribution in [0.25, 0.3) is 0 Å². The number of halogens is 1. The molecule has 218 valence electrons. The second-order valence-electron chi connectivity index (χ2n) is 12.0. The van der Waals surface area contributed by atoms with Crippen LogP contribution in [0.1, 0.15) is 54.1 Å². The molecule has 0 radical (unpaired) electrons. The highest BCUT2D eigenvalue weighted by atomic mass is 35.5. The van der Waals surface area contributed by atoms with E-state index in [1.54, 1.807) is 36.1 Å². The van der Waals surface area contributed by atoms with E-state index in [1.165, 1.54) is 17.2 Å². The van der Waals surface area contributed by atoms with Crippen molar-refractivity contribution >= 4 is 39.1 Å². The molecule has 6 rings (SSSR count). The minimum absolute atomic E-state index is 0.0350. The molecule has 10 heteroatoms. The monoisotopic (exact) mass is 597 g/mol. The maximum absolute atomic E-state index is 13.1. The molecule has 0 saturated heterocycles. The average Bonchev–Trinajstić information content (AvgIpc) is 3.06. The van der Waals surface area contributed by atoms with Crippen LogP contribution in [-0.2, 0) is 26.7 Å². The van der Waals surface area contributed by atoms with Crippen molar-refractivity contribution in [3.05, 3.63) is 70.3 Å². The topological polar surface area (TPSA) is 96.0 Å². The molecule has 2 heterocycles. The molecule has 4 aliphatic rings. The lowest BCUT2D eigenvalue weighted by molar-refractivity contribution is -0.129. The molecule has 1 spiro atoms. The number of rotatable bonds is 0. The third-order valence-electron chi connectivity index (χ3n) is 9.29. The summed E-state index contributed by atoms with van der Waals surface area (Å²) in [5.41, 5.74) is 3.34. The van der Waals surface area contributed by atoms with Gasteiger partial charge in [0.1, 0.15) is 5.75 Å². The van der Waals surface area contributed by atoms with Gasteiger partial charge in [-0.3, -0.25) is 9.59 Å². The molecule has 8 nitrogen and oxygen atoms in total. The fraction of sp³-hybridized carbons (Fsp3) is 0.484. The Hall–Kier alpha value is -3.04. The Morgan fingerprint density at radius 1 is 1.10 bits per heavy atom. The predicted octanol–water partition coefficient (Wildman–Crippen LogP) is 4.32.